The van der Waals surface area contributed by atoms with Gasteiger partial charge in [0.1, 0.15) is 0 Å². The molecule has 2 amide bonds. The number of aliphatic carboxylic acids is 1. The molecular weight excluding hydrogens is 324 g/mol. The summed E-state index contributed by atoms with van der Waals surface area (Å²) in [5.41, 5.74) is 0.884. The zero-order valence-electron chi connectivity index (χ0n) is 15.3. The zero-order valence-corrected chi connectivity index (χ0v) is 15.3. The summed E-state index contributed by atoms with van der Waals surface area (Å²) in [5, 5.41) is 14.0. The van der Waals surface area contributed by atoms with Gasteiger partial charge in [0.2, 0.25) is 0 Å². The molecule has 3 N–H and O–H groups in total. The summed E-state index contributed by atoms with van der Waals surface area (Å²) in [4.78, 5) is 22.3. The number of urea groups is 1. The molecule has 0 aliphatic carbocycles. The molecule has 0 heterocycles. The molecule has 7 nitrogen and oxygen atoms in total. The van der Waals surface area contributed by atoms with E-state index in [0.717, 1.165) is 5.56 Å². The number of amides is 2. The van der Waals surface area contributed by atoms with Crippen LogP contribution in [0.4, 0.5) is 4.79 Å². The molecule has 1 aromatic rings. The van der Waals surface area contributed by atoms with E-state index in [1.807, 2.05) is 25.1 Å². The van der Waals surface area contributed by atoms with Crippen molar-refractivity contribution in [1.29, 1.82) is 0 Å². The number of nitrogens with one attached hydrogen (secondary N) is 2. The highest BCUT2D eigenvalue weighted by Gasteiger charge is 2.13. The van der Waals surface area contributed by atoms with Gasteiger partial charge in [-0.05, 0) is 37.0 Å². The third kappa shape index (κ3) is 7.78. The molecule has 1 atom stereocenters. The number of carbonyl (C=O) groups is 2. The van der Waals surface area contributed by atoms with Crippen LogP contribution in [0, 0.1) is 5.92 Å². The van der Waals surface area contributed by atoms with Crippen molar-refractivity contribution in [2.75, 3.05) is 20.3 Å². The van der Waals surface area contributed by atoms with E-state index in [9.17, 15) is 9.59 Å². The van der Waals surface area contributed by atoms with Crippen LogP contribution in [-0.2, 0) is 4.79 Å². The van der Waals surface area contributed by atoms with Gasteiger partial charge in [0, 0.05) is 13.0 Å². The lowest BCUT2D eigenvalue weighted by Gasteiger charge is -2.18. The monoisotopic (exact) mass is 352 g/mol. The van der Waals surface area contributed by atoms with Crippen LogP contribution in [0.15, 0.2) is 18.2 Å². The maximum absolute atomic E-state index is 11.8. The van der Waals surface area contributed by atoms with Gasteiger partial charge >= 0.3 is 12.0 Å². The minimum Gasteiger partial charge on any atom is -0.493 e. The average Bonchev–Trinajstić information content (AvgIpc) is 2.56. The molecule has 25 heavy (non-hydrogen) atoms. The Morgan fingerprint density at radius 3 is 2.52 bits per heavy atom. The molecule has 0 saturated carbocycles. The van der Waals surface area contributed by atoms with Crippen LogP contribution >= 0.6 is 0 Å². The highest BCUT2D eigenvalue weighted by Crippen LogP contribution is 2.30. The van der Waals surface area contributed by atoms with E-state index in [4.69, 9.17) is 14.6 Å². The molecule has 0 bridgehead atoms. The van der Waals surface area contributed by atoms with Crippen molar-refractivity contribution in [2.24, 2.45) is 5.92 Å². The lowest BCUT2D eigenvalue weighted by atomic mass is 10.1. The van der Waals surface area contributed by atoms with Gasteiger partial charge in [-0.2, -0.15) is 0 Å². The highest BCUT2D eigenvalue weighted by molar-refractivity contribution is 5.74. The molecule has 0 aliphatic heterocycles. The van der Waals surface area contributed by atoms with Gasteiger partial charge in [0.15, 0.2) is 11.5 Å². The van der Waals surface area contributed by atoms with Crippen LogP contribution < -0.4 is 20.1 Å². The van der Waals surface area contributed by atoms with E-state index in [1.165, 1.54) is 0 Å². The van der Waals surface area contributed by atoms with Crippen molar-refractivity contribution in [1.82, 2.24) is 10.6 Å². The molecule has 140 valence electrons. The molecule has 0 saturated heterocycles. The maximum atomic E-state index is 11.8. The third-order valence-corrected chi connectivity index (χ3v) is 3.46. The summed E-state index contributed by atoms with van der Waals surface area (Å²) in [6.07, 6.45) is 0.428. The standard InChI is InChI=1S/C18H28N2O5/c1-12(2)11-25-15-8-7-14(10-16(15)24-4)13(3)20-18(23)19-9-5-6-17(21)22/h7-8,10,12-13H,5-6,9,11H2,1-4H3,(H,21,22)(H2,19,20,23). The number of ether oxygens (including phenoxy) is 2. The van der Waals surface area contributed by atoms with Gasteiger partial charge in [-0.3, -0.25) is 4.79 Å². The first-order chi connectivity index (χ1) is 11.8. The number of benzene rings is 1. The molecular formula is C18H28N2O5. The molecule has 0 aliphatic rings. The predicted octanol–water partition coefficient (Wildman–Crippen LogP) is 2.96. The van der Waals surface area contributed by atoms with Gasteiger partial charge in [0.25, 0.3) is 0 Å². The van der Waals surface area contributed by atoms with Crippen LogP contribution in [0.2, 0.25) is 0 Å². The summed E-state index contributed by atoms with van der Waals surface area (Å²) in [6, 6.07) is 4.99. The van der Waals surface area contributed by atoms with E-state index in [1.54, 1.807) is 7.11 Å². The van der Waals surface area contributed by atoms with Gasteiger partial charge < -0.3 is 25.2 Å². The van der Waals surface area contributed by atoms with E-state index in [0.29, 0.717) is 37.0 Å². The second kappa shape index (κ2) is 10.4. The van der Waals surface area contributed by atoms with Gasteiger partial charge in [-0.1, -0.05) is 19.9 Å². The maximum Gasteiger partial charge on any atom is 0.315 e. The van der Waals surface area contributed by atoms with Gasteiger partial charge in [-0.15, -0.1) is 0 Å². The number of carboxylic acids is 1. The SMILES string of the molecule is COc1cc(C(C)NC(=O)NCCCC(=O)O)ccc1OCC(C)C. The fourth-order valence-electron chi connectivity index (χ4n) is 2.10. The van der Waals surface area contributed by atoms with Crippen LogP contribution in [0.3, 0.4) is 0 Å². The van der Waals surface area contributed by atoms with Crippen molar-refractivity contribution in [3.8, 4) is 11.5 Å². The second-order valence-corrected chi connectivity index (χ2v) is 6.23. The van der Waals surface area contributed by atoms with Crippen LogP contribution in [0.25, 0.3) is 0 Å². The Hall–Kier alpha value is -2.44. The van der Waals surface area contributed by atoms with Crippen molar-refractivity contribution in [2.45, 2.75) is 39.7 Å². The Morgan fingerprint density at radius 1 is 1.20 bits per heavy atom. The first-order valence-corrected chi connectivity index (χ1v) is 8.40. The minimum atomic E-state index is -0.873. The molecule has 0 spiro atoms. The highest BCUT2D eigenvalue weighted by atomic mass is 16.5. The lowest BCUT2D eigenvalue weighted by molar-refractivity contribution is -0.137. The molecule has 1 unspecified atom stereocenters. The molecule has 7 heteroatoms. The number of hydrogen-bond acceptors (Lipinski definition) is 4. The molecule has 0 fully saturated rings. The molecule has 1 aromatic carbocycles. The fourth-order valence-corrected chi connectivity index (χ4v) is 2.10. The van der Waals surface area contributed by atoms with Crippen molar-refractivity contribution >= 4 is 12.0 Å². The summed E-state index contributed by atoms with van der Waals surface area (Å²) in [7, 11) is 1.58. The van der Waals surface area contributed by atoms with Crippen LogP contribution in [0.1, 0.15) is 45.2 Å². The quantitative estimate of drug-likeness (QED) is 0.563. The predicted molar refractivity (Wildman–Crippen MR) is 95.1 cm³/mol. The average molecular weight is 352 g/mol. The second-order valence-electron chi connectivity index (χ2n) is 6.23. The van der Waals surface area contributed by atoms with Crippen molar-refractivity contribution in [3.05, 3.63) is 23.8 Å². The summed E-state index contributed by atoms with van der Waals surface area (Å²) in [5.74, 6) is 0.830. The molecule has 0 radical (unpaired) electrons. The summed E-state index contributed by atoms with van der Waals surface area (Å²) in [6.45, 7) is 6.92. The number of carbonyl (C=O) groups excluding carboxylic acids is 1. The minimum absolute atomic E-state index is 0.0326. The third-order valence-electron chi connectivity index (χ3n) is 3.46. The Balaban J connectivity index is 2.58. The first kappa shape index (κ1) is 20.6. The topological polar surface area (TPSA) is 96.9 Å². The first-order valence-electron chi connectivity index (χ1n) is 8.40. The smallest absolute Gasteiger partial charge is 0.315 e. The Morgan fingerprint density at radius 2 is 1.92 bits per heavy atom. The van der Waals surface area contributed by atoms with Crippen molar-refractivity contribution < 1.29 is 24.2 Å². The number of methoxy groups -OCH3 is 1. The molecule has 0 aromatic heterocycles. The largest absolute Gasteiger partial charge is 0.493 e. The van der Waals surface area contributed by atoms with E-state index < -0.39 is 5.97 Å². The Bertz CT molecular complexity index is 575. The summed E-state index contributed by atoms with van der Waals surface area (Å²) < 4.78 is 11.1. The summed E-state index contributed by atoms with van der Waals surface area (Å²) >= 11 is 0. The van der Waals surface area contributed by atoms with E-state index in [-0.39, 0.29) is 18.5 Å². The van der Waals surface area contributed by atoms with Crippen LogP contribution in [-0.4, -0.2) is 37.4 Å². The number of hydrogen-bond donors (Lipinski definition) is 3. The fraction of sp³-hybridized carbons (Fsp3) is 0.556. The molecule has 1 rings (SSSR count). The van der Waals surface area contributed by atoms with E-state index >= 15 is 0 Å². The van der Waals surface area contributed by atoms with Crippen molar-refractivity contribution in [3.63, 3.8) is 0 Å². The Kier molecular flexibility index (Phi) is 8.60. The lowest BCUT2D eigenvalue weighted by Crippen LogP contribution is -2.37. The van der Waals surface area contributed by atoms with E-state index in [2.05, 4.69) is 24.5 Å². The van der Waals surface area contributed by atoms with Gasteiger partial charge in [0.05, 0.1) is 19.8 Å². The number of rotatable bonds is 10. The number of carboxylic acid groups (broad SMARTS) is 1. The Labute approximate surface area is 148 Å². The normalized spacial score (nSPS) is 11.7. The van der Waals surface area contributed by atoms with Gasteiger partial charge in [-0.25, -0.2) is 4.79 Å². The van der Waals surface area contributed by atoms with Crippen LogP contribution in [0.5, 0.6) is 11.5 Å². The zero-order chi connectivity index (χ0) is 18.8.